The van der Waals surface area contributed by atoms with E-state index in [0.717, 1.165) is 45.4 Å². The summed E-state index contributed by atoms with van der Waals surface area (Å²) in [6.45, 7) is 6.83. The molecule has 1 amide bonds. The highest BCUT2D eigenvalue weighted by molar-refractivity contribution is 5.79. The number of aliphatic hydroxyl groups is 1. The molecule has 0 aromatic heterocycles. The Morgan fingerprint density at radius 3 is 2.71 bits per heavy atom. The van der Waals surface area contributed by atoms with Crippen LogP contribution in [0.15, 0.2) is 12.2 Å². The summed E-state index contributed by atoms with van der Waals surface area (Å²) in [5.74, 6) is 0.499. The highest BCUT2D eigenvalue weighted by Gasteiger charge is 2.27. The van der Waals surface area contributed by atoms with Crippen molar-refractivity contribution in [3.8, 4) is 0 Å². The summed E-state index contributed by atoms with van der Waals surface area (Å²) < 4.78 is 5.23. The summed E-state index contributed by atoms with van der Waals surface area (Å²) in [4.78, 5) is 16.6. The second-order valence-electron chi connectivity index (χ2n) is 5.92. The fourth-order valence-corrected chi connectivity index (χ4v) is 3.03. The van der Waals surface area contributed by atoms with Crippen molar-refractivity contribution in [1.82, 2.24) is 9.80 Å². The first-order chi connectivity index (χ1) is 10.2. The predicted molar refractivity (Wildman–Crippen MR) is 82.0 cm³/mol. The maximum atomic E-state index is 12.4. The van der Waals surface area contributed by atoms with Gasteiger partial charge in [0.2, 0.25) is 5.91 Å². The van der Waals surface area contributed by atoms with E-state index in [9.17, 15) is 9.90 Å². The highest BCUT2D eigenvalue weighted by atomic mass is 16.5. The third-order valence-electron chi connectivity index (χ3n) is 4.29. The SMILES string of the molecule is CCOC[C@H](O)CN1CCN(C(=O)[C@H]2CC=CCC2)CC1. The van der Waals surface area contributed by atoms with Gasteiger partial charge in [-0.3, -0.25) is 9.69 Å². The molecule has 0 saturated carbocycles. The first-order valence-electron chi connectivity index (χ1n) is 8.12. The van der Waals surface area contributed by atoms with Crippen molar-refractivity contribution >= 4 is 5.91 Å². The smallest absolute Gasteiger partial charge is 0.226 e. The standard InChI is InChI=1S/C16H28N2O3/c1-2-21-13-15(19)12-17-8-10-18(11-9-17)16(20)14-6-4-3-5-7-14/h3-4,14-15,19H,2,5-13H2,1H3/t14-,15+/m0/s1. The molecule has 0 aromatic rings. The summed E-state index contributed by atoms with van der Waals surface area (Å²) in [5, 5.41) is 9.86. The number of hydrogen-bond acceptors (Lipinski definition) is 4. The molecule has 1 N–H and O–H groups in total. The molecule has 0 bridgehead atoms. The van der Waals surface area contributed by atoms with Crippen LogP contribution in [0.4, 0.5) is 0 Å². The number of carbonyl (C=O) groups is 1. The van der Waals surface area contributed by atoms with Crippen molar-refractivity contribution in [1.29, 1.82) is 0 Å². The van der Waals surface area contributed by atoms with Crippen LogP contribution in [0.25, 0.3) is 0 Å². The number of rotatable bonds is 6. The maximum absolute atomic E-state index is 12.4. The lowest BCUT2D eigenvalue weighted by Gasteiger charge is -2.37. The Bertz CT molecular complexity index is 351. The lowest BCUT2D eigenvalue weighted by Crippen LogP contribution is -2.52. The van der Waals surface area contributed by atoms with Crippen LogP contribution >= 0.6 is 0 Å². The topological polar surface area (TPSA) is 53.0 Å². The number of amides is 1. The summed E-state index contributed by atoms with van der Waals surface area (Å²) in [5.41, 5.74) is 0. The molecule has 2 atom stereocenters. The van der Waals surface area contributed by atoms with Crippen LogP contribution < -0.4 is 0 Å². The molecule has 1 heterocycles. The van der Waals surface area contributed by atoms with Crippen LogP contribution in [0.5, 0.6) is 0 Å². The largest absolute Gasteiger partial charge is 0.389 e. The van der Waals surface area contributed by atoms with Gasteiger partial charge in [0.05, 0.1) is 12.7 Å². The molecule has 5 nitrogen and oxygen atoms in total. The van der Waals surface area contributed by atoms with Crippen molar-refractivity contribution in [2.75, 3.05) is 45.9 Å². The zero-order chi connectivity index (χ0) is 15.1. The fourth-order valence-electron chi connectivity index (χ4n) is 3.03. The minimum absolute atomic E-state index is 0.185. The van der Waals surface area contributed by atoms with Crippen LogP contribution in [0.2, 0.25) is 0 Å². The number of hydrogen-bond donors (Lipinski definition) is 1. The molecule has 0 aromatic carbocycles. The van der Waals surface area contributed by atoms with E-state index < -0.39 is 6.10 Å². The minimum atomic E-state index is -0.435. The van der Waals surface area contributed by atoms with Gasteiger partial charge in [-0.05, 0) is 26.2 Å². The Morgan fingerprint density at radius 1 is 1.33 bits per heavy atom. The van der Waals surface area contributed by atoms with E-state index in [1.807, 2.05) is 11.8 Å². The zero-order valence-electron chi connectivity index (χ0n) is 13.0. The lowest BCUT2D eigenvalue weighted by atomic mass is 9.93. The van der Waals surface area contributed by atoms with Crippen molar-refractivity contribution < 1.29 is 14.6 Å². The van der Waals surface area contributed by atoms with Crippen LogP contribution in [0.3, 0.4) is 0 Å². The average molecular weight is 296 g/mol. The molecule has 2 aliphatic rings. The molecule has 120 valence electrons. The summed E-state index contributed by atoms with van der Waals surface area (Å²) >= 11 is 0. The zero-order valence-corrected chi connectivity index (χ0v) is 13.0. The van der Waals surface area contributed by atoms with Crippen molar-refractivity contribution in [2.45, 2.75) is 32.3 Å². The average Bonchev–Trinajstić information content (AvgIpc) is 2.54. The molecule has 1 aliphatic heterocycles. The summed E-state index contributed by atoms with van der Waals surface area (Å²) in [6, 6.07) is 0. The van der Waals surface area contributed by atoms with Gasteiger partial charge in [-0.1, -0.05) is 12.2 Å². The first-order valence-corrected chi connectivity index (χ1v) is 8.12. The summed E-state index contributed by atoms with van der Waals surface area (Å²) in [7, 11) is 0. The van der Waals surface area contributed by atoms with Crippen LogP contribution in [0, 0.1) is 5.92 Å². The summed E-state index contributed by atoms with van der Waals surface area (Å²) in [6.07, 6.45) is 6.78. The minimum Gasteiger partial charge on any atom is -0.389 e. The normalized spacial score (nSPS) is 25.0. The number of carbonyl (C=O) groups excluding carboxylic acids is 1. The van der Waals surface area contributed by atoms with Gasteiger partial charge >= 0.3 is 0 Å². The number of nitrogens with zero attached hydrogens (tertiary/aromatic N) is 2. The Labute approximate surface area is 127 Å². The van der Waals surface area contributed by atoms with Crippen molar-refractivity contribution in [2.24, 2.45) is 5.92 Å². The first kappa shape index (κ1) is 16.5. The molecule has 0 radical (unpaired) electrons. The van der Waals surface area contributed by atoms with Crippen molar-refractivity contribution in [3.05, 3.63) is 12.2 Å². The van der Waals surface area contributed by atoms with Crippen LogP contribution in [0.1, 0.15) is 26.2 Å². The molecule has 1 fully saturated rings. The quantitative estimate of drug-likeness (QED) is 0.740. The van der Waals surface area contributed by atoms with Gasteiger partial charge in [0.15, 0.2) is 0 Å². The molecule has 1 saturated heterocycles. The second kappa shape index (κ2) is 8.51. The van der Waals surface area contributed by atoms with E-state index in [1.165, 1.54) is 0 Å². The van der Waals surface area contributed by atoms with Gasteiger partial charge in [-0.2, -0.15) is 0 Å². The Kier molecular flexibility index (Phi) is 6.67. The number of allylic oxidation sites excluding steroid dienone is 2. The molecule has 1 aliphatic carbocycles. The van der Waals surface area contributed by atoms with E-state index in [1.54, 1.807) is 0 Å². The van der Waals surface area contributed by atoms with E-state index in [4.69, 9.17) is 4.74 Å². The Hall–Kier alpha value is -0.910. The monoisotopic (exact) mass is 296 g/mol. The number of ether oxygens (including phenoxy) is 1. The third-order valence-corrected chi connectivity index (χ3v) is 4.29. The Balaban J connectivity index is 1.70. The van der Waals surface area contributed by atoms with Gasteiger partial charge in [0, 0.05) is 45.2 Å². The van der Waals surface area contributed by atoms with E-state index in [0.29, 0.717) is 25.7 Å². The van der Waals surface area contributed by atoms with E-state index in [2.05, 4.69) is 17.1 Å². The van der Waals surface area contributed by atoms with Crippen LogP contribution in [-0.2, 0) is 9.53 Å². The van der Waals surface area contributed by atoms with Gasteiger partial charge in [0.1, 0.15) is 0 Å². The van der Waals surface area contributed by atoms with E-state index in [-0.39, 0.29) is 5.92 Å². The molecule has 0 spiro atoms. The van der Waals surface area contributed by atoms with Crippen molar-refractivity contribution in [3.63, 3.8) is 0 Å². The number of piperazine rings is 1. The van der Waals surface area contributed by atoms with E-state index >= 15 is 0 Å². The third kappa shape index (κ3) is 5.09. The second-order valence-corrected chi connectivity index (χ2v) is 5.92. The van der Waals surface area contributed by atoms with Gasteiger partial charge in [-0.25, -0.2) is 0 Å². The molecule has 21 heavy (non-hydrogen) atoms. The van der Waals surface area contributed by atoms with Gasteiger partial charge in [0.25, 0.3) is 0 Å². The molecular weight excluding hydrogens is 268 g/mol. The number of β-amino-alcohol motifs (C(OH)–C–C–N with tert-alkyl or cyclic N) is 1. The molecule has 2 rings (SSSR count). The highest BCUT2D eigenvalue weighted by Crippen LogP contribution is 2.21. The fraction of sp³-hybridized carbons (Fsp3) is 0.812. The number of aliphatic hydroxyl groups excluding tert-OH is 1. The lowest BCUT2D eigenvalue weighted by molar-refractivity contribution is -0.137. The maximum Gasteiger partial charge on any atom is 0.226 e. The molecule has 5 heteroatoms. The van der Waals surface area contributed by atoms with Crippen LogP contribution in [-0.4, -0.2) is 72.9 Å². The Morgan fingerprint density at radius 2 is 2.10 bits per heavy atom. The van der Waals surface area contributed by atoms with Gasteiger partial charge < -0.3 is 14.7 Å². The predicted octanol–water partition coefficient (Wildman–Crippen LogP) is 0.884. The molecule has 0 unspecified atom stereocenters. The molecular formula is C16H28N2O3. The van der Waals surface area contributed by atoms with Gasteiger partial charge in [-0.15, -0.1) is 0 Å².